The molecule has 0 unspecified atom stereocenters. The van der Waals surface area contributed by atoms with Crippen LogP contribution < -0.4 is 5.32 Å². The Bertz CT molecular complexity index is 519. The first kappa shape index (κ1) is 13.0. The minimum atomic E-state index is 0.248. The topological polar surface area (TPSA) is 47.7 Å². The third-order valence-electron chi connectivity index (χ3n) is 2.82. The van der Waals surface area contributed by atoms with E-state index in [1.165, 1.54) is 0 Å². The lowest BCUT2D eigenvalue weighted by Gasteiger charge is -2.09. The van der Waals surface area contributed by atoms with E-state index in [-0.39, 0.29) is 6.04 Å². The van der Waals surface area contributed by atoms with Crippen molar-refractivity contribution in [3.8, 4) is 11.4 Å². The van der Waals surface area contributed by atoms with Gasteiger partial charge in [-0.05, 0) is 20.8 Å². The van der Waals surface area contributed by atoms with E-state index in [1.807, 2.05) is 22.5 Å². The van der Waals surface area contributed by atoms with E-state index in [0.29, 0.717) is 5.02 Å². The van der Waals surface area contributed by atoms with Crippen molar-refractivity contribution in [2.45, 2.75) is 33.4 Å². The molecule has 0 atom stereocenters. The highest BCUT2D eigenvalue weighted by Gasteiger charge is 2.17. The fraction of sp³-hybridized carbons (Fsp3) is 0.500. The third-order valence-corrected chi connectivity index (χ3v) is 3.09. The van der Waals surface area contributed by atoms with Crippen molar-refractivity contribution in [2.24, 2.45) is 0 Å². The summed E-state index contributed by atoms with van der Waals surface area (Å²) in [4.78, 5) is 0. The summed E-state index contributed by atoms with van der Waals surface area (Å²) in [5, 5.41) is 12.6. The highest BCUT2D eigenvalue weighted by atomic mass is 35.5. The second kappa shape index (κ2) is 5.02. The van der Waals surface area contributed by atoms with Gasteiger partial charge in [-0.15, -0.1) is 0 Å². The molecule has 0 aliphatic heterocycles. The van der Waals surface area contributed by atoms with Gasteiger partial charge in [-0.25, -0.2) is 4.68 Å². The summed E-state index contributed by atoms with van der Waals surface area (Å²) in [5.41, 5.74) is 1.72. The first-order chi connectivity index (χ1) is 8.58. The first-order valence-corrected chi connectivity index (χ1v) is 6.45. The predicted octanol–water partition coefficient (Wildman–Crippen LogP) is 3.04. The SMILES string of the molecule is CCn1nc(-c2c(Cl)cnn2C(C)C)cc1NC. The highest BCUT2D eigenvalue weighted by molar-refractivity contribution is 6.32. The number of rotatable bonds is 4. The number of nitrogens with one attached hydrogen (secondary N) is 1. The van der Waals surface area contributed by atoms with Gasteiger partial charge in [0, 0.05) is 25.7 Å². The standard InChI is InChI=1S/C12H18ClN5/c1-5-17-11(14-4)6-10(16-17)12-9(13)7-15-18(12)8(2)3/h6-8,14H,5H2,1-4H3. The normalized spacial score (nSPS) is 11.2. The molecule has 2 aromatic heterocycles. The molecule has 0 aliphatic carbocycles. The molecule has 1 N–H and O–H groups in total. The number of hydrogen-bond acceptors (Lipinski definition) is 3. The Balaban J connectivity index is 2.54. The quantitative estimate of drug-likeness (QED) is 0.926. The molecule has 0 saturated carbocycles. The maximum atomic E-state index is 6.22. The largest absolute Gasteiger partial charge is 0.373 e. The van der Waals surface area contributed by atoms with Gasteiger partial charge < -0.3 is 5.32 Å². The highest BCUT2D eigenvalue weighted by Crippen LogP contribution is 2.30. The number of anilines is 1. The van der Waals surface area contributed by atoms with Gasteiger partial charge in [0.1, 0.15) is 17.2 Å². The molecule has 0 amide bonds. The summed E-state index contributed by atoms with van der Waals surface area (Å²) >= 11 is 6.22. The van der Waals surface area contributed by atoms with Gasteiger partial charge in [-0.3, -0.25) is 4.68 Å². The van der Waals surface area contributed by atoms with Gasteiger partial charge in [-0.2, -0.15) is 10.2 Å². The van der Waals surface area contributed by atoms with Crippen LogP contribution in [-0.2, 0) is 6.54 Å². The van der Waals surface area contributed by atoms with Gasteiger partial charge in [0.15, 0.2) is 0 Å². The minimum absolute atomic E-state index is 0.248. The van der Waals surface area contributed by atoms with Gasteiger partial charge >= 0.3 is 0 Å². The van der Waals surface area contributed by atoms with Crippen molar-refractivity contribution in [1.29, 1.82) is 0 Å². The van der Waals surface area contributed by atoms with Gasteiger partial charge in [0.05, 0.1) is 11.2 Å². The van der Waals surface area contributed by atoms with Crippen LogP contribution in [0.5, 0.6) is 0 Å². The zero-order valence-electron chi connectivity index (χ0n) is 11.1. The van der Waals surface area contributed by atoms with Crippen molar-refractivity contribution >= 4 is 17.4 Å². The van der Waals surface area contributed by atoms with Crippen molar-refractivity contribution in [3.05, 3.63) is 17.3 Å². The molecule has 98 valence electrons. The predicted molar refractivity (Wildman–Crippen MR) is 74.1 cm³/mol. The molecule has 0 bridgehead atoms. The summed E-state index contributed by atoms with van der Waals surface area (Å²) in [6.45, 7) is 7.01. The summed E-state index contributed by atoms with van der Waals surface area (Å²) in [7, 11) is 1.88. The number of aryl methyl sites for hydroxylation is 1. The van der Waals surface area contributed by atoms with Crippen LogP contribution in [0.15, 0.2) is 12.3 Å². The van der Waals surface area contributed by atoms with E-state index >= 15 is 0 Å². The van der Waals surface area contributed by atoms with Crippen LogP contribution in [0.25, 0.3) is 11.4 Å². The average molecular weight is 268 g/mol. The Labute approximate surface area is 112 Å². The number of nitrogens with zero attached hydrogens (tertiary/aromatic N) is 4. The molecule has 6 heteroatoms. The van der Waals surface area contributed by atoms with Crippen molar-refractivity contribution in [2.75, 3.05) is 12.4 Å². The van der Waals surface area contributed by atoms with Crippen LogP contribution in [0.2, 0.25) is 5.02 Å². The van der Waals surface area contributed by atoms with E-state index in [0.717, 1.165) is 23.8 Å². The number of hydrogen-bond donors (Lipinski definition) is 1. The molecule has 0 aliphatic rings. The second-order valence-corrected chi connectivity index (χ2v) is 4.77. The molecule has 2 rings (SSSR count). The number of halogens is 1. The van der Waals surface area contributed by atoms with Crippen molar-refractivity contribution < 1.29 is 0 Å². The Morgan fingerprint density at radius 3 is 2.67 bits per heavy atom. The average Bonchev–Trinajstić information content (AvgIpc) is 2.91. The molecule has 18 heavy (non-hydrogen) atoms. The zero-order chi connectivity index (χ0) is 13.3. The van der Waals surface area contributed by atoms with Gasteiger partial charge in [-0.1, -0.05) is 11.6 Å². The molecule has 0 saturated heterocycles. The summed E-state index contributed by atoms with van der Waals surface area (Å²) in [6.07, 6.45) is 1.67. The van der Waals surface area contributed by atoms with Gasteiger partial charge in [0.25, 0.3) is 0 Å². The first-order valence-electron chi connectivity index (χ1n) is 6.07. The zero-order valence-corrected chi connectivity index (χ0v) is 11.9. The van der Waals surface area contributed by atoms with E-state index < -0.39 is 0 Å². The van der Waals surface area contributed by atoms with Crippen LogP contribution in [0.4, 0.5) is 5.82 Å². The Morgan fingerprint density at radius 1 is 1.44 bits per heavy atom. The third kappa shape index (κ3) is 2.10. The maximum Gasteiger partial charge on any atom is 0.124 e. The summed E-state index contributed by atoms with van der Waals surface area (Å²) < 4.78 is 3.80. The molecular formula is C12H18ClN5. The van der Waals surface area contributed by atoms with Crippen LogP contribution in [0, 0.1) is 0 Å². The Hall–Kier alpha value is -1.49. The summed E-state index contributed by atoms with van der Waals surface area (Å²) in [5.74, 6) is 0.972. The van der Waals surface area contributed by atoms with Crippen LogP contribution in [0.3, 0.4) is 0 Å². The molecule has 2 aromatic rings. The Morgan fingerprint density at radius 2 is 2.17 bits per heavy atom. The number of aromatic nitrogens is 4. The molecule has 0 spiro atoms. The molecule has 5 nitrogen and oxygen atoms in total. The van der Waals surface area contributed by atoms with Crippen LogP contribution in [-0.4, -0.2) is 26.6 Å². The lowest BCUT2D eigenvalue weighted by Crippen LogP contribution is -2.05. The second-order valence-electron chi connectivity index (χ2n) is 4.36. The molecule has 0 fully saturated rings. The van der Waals surface area contributed by atoms with Crippen LogP contribution in [0.1, 0.15) is 26.8 Å². The smallest absolute Gasteiger partial charge is 0.124 e. The van der Waals surface area contributed by atoms with Crippen molar-refractivity contribution in [1.82, 2.24) is 19.6 Å². The van der Waals surface area contributed by atoms with Crippen LogP contribution >= 0.6 is 11.6 Å². The summed E-state index contributed by atoms with van der Waals surface area (Å²) in [6, 6.07) is 2.24. The maximum absolute atomic E-state index is 6.22. The van der Waals surface area contributed by atoms with E-state index in [4.69, 9.17) is 11.6 Å². The van der Waals surface area contributed by atoms with E-state index in [9.17, 15) is 0 Å². The lowest BCUT2D eigenvalue weighted by molar-refractivity contribution is 0.536. The Kier molecular flexibility index (Phi) is 3.61. The molecule has 0 aromatic carbocycles. The molecule has 2 heterocycles. The van der Waals surface area contributed by atoms with E-state index in [2.05, 4.69) is 36.3 Å². The fourth-order valence-electron chi connectivity index (χ4n) is 1.95. The lowest BCUT2D eigenvalue weighted by atomic mass is 10.3. The van der Waals surface area contributed by atoms with E-state index in [1.54, 1.807) is 6.20 Å². The molecular weight excluding hydrogens is 250 g/mol. The minimum Gasteiger partial charge on any atom is -0.373 e. The monoisotopic (exact) mass is 267 g/mol. The molecule has 0 radical (unpaired) electrons. The van der Waals surface area contributed by atoms with Gasteiger partial charge in [0.2, 0.25) is 0 Å². The van der Waals surface area contributed by atoms with Crippen molar-refractivity contribution in [3.63, 3.8) is 0 Å². The fourth-order valence-corrected chi connectivity index (χ4v) is 2.17.